The van der Waals surface area contributed by atoms with Gasteiger partial charge in [-0.2, -0.15) is 0 Å². The number of carbonyl (C=O) groups is 1. The third kappa shape index (κ3) is 2.54. The van der Waals surface area contributed by atoms with Gasteiger partial charge in [0, 0.05) is 17.6 Å². The molecule has 0 spiro atoms. The second-order valence-corrected chi connectivity index (χ2v) is 6.05. The Labute approximate surface area is 127 Å². The molecule has 1 N–H and O–H groups in total. The molecule has 0 bridgehead atoms. The Morgan fingerprint density at radius 2 is 1.86 bits per heavy atom. The topological polar surface area (TPSA) is 32.3 Å². The van der Waals surface area contributed by atoms with Crippen LogP contribution in [0.1, 0.15) is 24.2 Å². The number of amides is 1. The van der Waals surface area contributed by atoms with Gasteiger partial charge < -0.3 is 10.2 Å². The Kier molecular flexibility index (Phi) is 3.35. The fourth-order valence-electron chi connectivity index (χ4n) is 2.67. The van der Waals surface area contributed by atoms with Crippen molar-refractivity contribution in [1.29, 1.82) is 0 Å². The first-order valence-electron chi connectivity index (χ1n) is 7.01. The van der Waals surface area contributed by atoms with Gasteiger partial charge in [-0.05, 0) is 44.2 Å². The second kappa shape index (κ2) is 5.09. The molecule has 3 nitrogen and oxygen atoms in total. The van der Waals surface area contributed by atoms with Crippen LogP contribution in [0.15, 0.2) is 42.5 Å². The van der Waals surface area contributed by atoms with Crippen molar-refractivity contribution in [2.45, 2.75) is 19.4 Å². The highest BCUT2D eigenvalue weighted by molar-refractivity contribution is 6.08. The zero-order valence-electron chi connectivity index (χ0n) is 12.4. The summed E-state index contributed by atoms with van der Waals surface area (Å²) in [7, 11) is 0. The summed E-state index contributed by atoms with van der Waals surface area (Å²) in [5.74, 6) is -2.33. The molecule has 0 atom stereocenters. The Balaban J connectivity index is 2.03. The van der Waals surface area contributed by atoms with Crippen LogP contribution in [0.3, 0.4) is 0 Å². The lowest BCUT2D eigenvalue weighted by Crippen LogP contribution is -2.50. The van der Waals surface area contributed by atoms with Gasteiger partial charge >= 0.3 is 0 Å². The number of halogens is 2. The van der Waals surface area contributed by atoms with E-state index in [0.717, 1.165) is 23.5 Å². The number of anilines is 2. The van der Waals surface area contributed by atoms with Crippen molar-refractivity contribution in [2.24, 2.45) is 0 Å². The van der Waals surface area contributed by atoms with Crippen molar-refractivity contribution < 1.29 is 13.6 Å². The highest BCUT2D eigenvalue weighted by Gasteiger charge is 2.33. The number of nitrogens with one attached hydrogen (secondary N) is 1. The van der Waals surface area contributed by atoms with Gasteiger partial charge in [-0.3, -0.25) is 4.79 Å². The maximum absolute atomic E-state index is 13.4. The number of fused-ring (bicyclic) bond motifs is 1. The van der Waals surface area contributed by atoms with Crippen LogP contribution in [-0.4, -0.2) is 18.0 Å². The molecule has 114 valence electrons. The summed E-state index contributed by atoms with van der Waals surface area (Å²) in [6, 6.07) is 10.7. The van der Waals surface area contributed by atoms with Crippen LogP contribution in [0.4, 0.5) is 20.2 Å². The van der Waals surface area contributed by atoms with Crippen molar-refractivity contribution >= 4 is 17.3 Å². The van der Waals surface area contributed by atoms with Crippen LogP contribution < -0.4 is 10.2 Å². The molecular formula is C17H16F2N2O. The molecule has 2 aromatic carbocycles. The smallest absolute Gasteiger partial charge is 0.258 e. The molecule has 0 unspecified atom stereocenters. The van der Waals surface area contributed by atoms with E-state index in [1.165, 1.54) is 6.07 Å². The van der Waals surface area contributed by atoms with Gasteiger partial charge in [-0.1, -0.05) is 12.1 Å². The summed E-state index contributed by atoms with van der Waals surface area (Å²) in [6.45, 7) is 4.39. The minimum absolute atomic E-state index is 0.131. The molecule has 22 heavy (non-hydrogen) atoms. The fourth-order valence-corrected chi connectivity index (χ4v) is 2.67. The summed E-state index contributed by atoms with van der Waals surface area (Å²) >= 11 is 0. The van der Waals surface area contributed by atoms with Crippen molar-refractivity contribution in [2.75, 3.05) is 16.8 Å². The molecule has 0 saturated carbocycles. The van der Waals surface area contributed by atoms with E-state index in [0.29, 0.717) is 6.54 Å². The van der Waals surface area contributed by atoms with Crippen LogP contribution in [0.5, 0.6) is 0 Å². The van der Waals surface area contributed by atoms with Crippen LogP contribution in [0.25, 0.3) is 0 Å². The third-order valence-electron chi connectivity index (χ3n) is 3.63. The van der Waals surface area contributed by atoms with Crippen LogP contribution in [0, 0.1) is 11.6 Å². The quantitative estimate of drug-likeness (QED) is 0.868. The summed E-state index contributed by atoms with van der Waals surface area (Å²) in [5, 5.41) is 3.37. The number of rotatable bonds is 1. The van der Waals surface area contributed by atoms with E-state index in [9.17, 15) is 13.6 Å². The van der Waals surface area contributed by atoms with Gasteiger partial charge in [0.1, 0.15) is 0 Å². The Bertz CT molecular complexity index is 743. The number of hydrogen-bond donors (Lipinski definition) is 1. The third-order valence-corrected chi connectivity index (χ3v) is 3.63. The molecule has 0 saturated heterocycles. The lowest BCUT2D eigenvalue weighted by atomic mass is 9.98. The molecule has 1 amide bonds. The number of para-hydroxylation sites is 2. The molecule has 0 aromatic heterocycles. The molecular weight excluding hydrogens is 286 g/mol. The van der Waals surface area contributed by atoms with Crippen molar-refractivity contribution in [1.82, 2.24) is 0 Å². The Hall–Kier alpha value is -2.43. The first-order valence-corrected chi connectivity index (χ1v) is 7.01. The molecule has 0 aliphatic carbocycles. The highest BCUT2D eigenvalue weighted by atomic mass is 19.2. The average Bonchev–Trinajstić information content (AvgIpc) is 2.47. The van der Waals surface area contributed by atoms with E-state index in [2.05, 4.69) is 5.32 Å². The average molecular weight is 302 g/mol. The van der Waals surface area contributed by atoms with E-state index in [4.69, 9.17) is 0 Å². The van der Waals surface area contributed by atoms with E-state index in [1.807, 2.05) is 38.1 Å². The molecule has 0 fully saturated rings. The van der Waals surface area contributed by atoms with Gasteiger partial charge in [0.25, 0.3) is 5.91 Å². The monoisotopic (exact) mass is 302 g/mol. The van der Waals surface area contributed by atoms with Crippen molar-refractivity contribution in [3.05, 3.63) is 59.7 Å². The zero-order chi connectivity index (χ0) is 15.9. The van der Waals surface area contributed by atoms with E-state index < -0.39 is 11.6 Å². The molecule has 1 aliphatic heterocycles. The fraction of sp³-hybridized carbons (Fsp3) is 0.235. The van der Waals surface area contributed by atoms with Gasteiger partial charge in [0.15, 0.2) is 11.6 Å². The molecule has 3 rings (SSSR count). The predicted molar refractivity (Wildman–Crippen MR) is 82.2 cm³/mol. The number of nitrogens with zero attached hydrogens (tertiary/aromatic N) is 1. The Morgan fingerprint density at radius 1 is 1.14 bits per heavy atom. The van der Waals surface area contributed by atoms with Crippen molar-refractivity contribution in [3.63, 3.8) is 0 Å². The van der Waals surface area contributed by atoms with E-state index in [-0.39, 0.29) is 17.0 Å². The second-order valence-electron chi connectivity index (χ2n) is 6.05. The lowest BCUT2D eigenvalue weighted by Gasteiger charge is -2.40. The Morgan fingerprint density at radius 3 is 2.59 bits per heavy atom. The zero-order valence-corrected chi connectivity index (χ0v) is 12.4. The summed E-state index contributed by atoms with van der Waals surface area (Å²) in [4.78, 5) is 14.3. The first-order chi connectivity index (χ1) is 10.4. The SMILES string of the molecule is CC1(C)CN(C(=O)c2ccc(F)c(F)c2)c2ccccc2N1. The standard InChI is InChI=1S/C17H16F2N2O/c1-17(2)10-21(15-6-4-3-5-14(15)20-17)16(22)11-7-8-12(18)13(19)9-11/h3-9,20H,10H2,1-2H3. The van der Waals surface area contributed by atoms with Gasteiger partial charge in [-0.25, -0.2) is 8.78 Å². The molecule has 0 radical (unpaired) electrons. The largest absolute Gasteiger partial charge is 0.377 e. The van der Waals surface area contributed by atoms with E-state index in [1.54, 1.807) is 4.90 Å². The molecule has 1 aliphatic rings. The van der Waals surface area contributed by atoms with Crippen molar-refractivity contribution in [3.8, 4) is 0 Å². The molecule has 5 heteroatoms. The van der Waals surface area contributed by atoms with Crippen LogP contribution in [0.2, 0.25) is 0 Å². The van der Waals surface area contributed by atoms with Gasteiger partial charge in [-0.15, -0.1) is 0 Å². The first kappa shape index (κ1) is 14.5. The molecule has 1 heterocycles. The maximum atomic E-state index is 13.4. The normalized spacial score (nSPS) is 15.9. The lowest BCUT2D eigenvalue weighted by molar-refractivity contribution is 0.0981. The number of hydrogen-bond acceptors (Lipinski definition) is 2. The molecule has 2 aromatic rings. The summed E-state index contributed by atoms with van der Waals surface area (Å²) in [6.07, 6.45) is 0. The van der Waals surface area contributed by atoms with Crippen LogP contribution >= 0.6 is 0 Å². The maximum Gasteiger partial charge on any atom is 0.258 e. The minimum atomic E-state index is -1.02. The summed E-state index contributed by atoms with van der Waals surface area (Å²) < 4.78 is 26.5. The number of carbonyl (C=O) groups excluding carboxylic acids is 1. The highest BCUT2D eigenvalue weighted by Crippen LogP contribution is 2.35. The van der Waals surface area contributed by atoms with E-state index >= 15 is 0 Å². The minimum Gasteiger partial charge on any atom is -0.377 e. The predicted octanol–water partition coefficient (Wildman–Crippen LogP) is 3.82. The van der Waals surface area contributed by atoms with Crippen LogP contribution in [-0.2, 0) is 0 Å². The number of benzene rings is 2. The summed E-state index contributed by atoms with van der Waals surface area (Å²) in [5.41, 5.74) is 1.39. The van der Waals surface area contributed by atoms with Gasteiger partial charge in [0.2, 0.25) is 0 Å². The van der Waals surface area contributed by atoms with Gasteiger partial charge in [0.05, 0.1) is 11.4 Å².